The lowest BCUT2D eigenvalue weighted by atomic mass is 9.85. The van der Waals surface area contributed by atoms with Crippen molar-refractivity contribution in [1.82, 2.24) is 14.7 Å². The molecule has 2 aromatic carbocycles. The molecular weight excluding hydrogens is 424 g/mol. The predicted octanol–water partition coefficient (Wildman–Crippen LogP) is 3.58. The standard InChI is InChI=1S/C26H27F2N3O2/c27-20-9-5-18(6-10-20)24(19-7-11-21(28)12-8-19)30-15-13-29(14-16-30)17-31-25(32)22-3-1-2-4-23(22)26(31)33/h1-2,5-12,22-24H,3-4,13-17H2/t22-,23-/m0/s1. The maximum Gasteiger partial charge on any atom is 0.234 e. The van der Waals surface area contributed by atoms with Gasteiger partial charge < -0.3 is 0 Å². The summed E-state index contributed by atoms with van der Waals surface area (Å²) >= 11 is 0. The Morgan fingerprint density at radius 2 is 1.18 bits per heavy atom. The van der Waals surface area contributed by atoms with E-state index in [-0.39, 0.29) is 41.3 Å². The average molecular weight is 452 g/mol. The van der Waals surface area contributed by atoms with E-state index in [1.807, 2.05) is 12.2 Å². The molecule has 0 spiro atoms. The van der Waals surface area contributed by atoms with Gasteiger partial charge in [0.2, 0.25) is 11.8 Å². The first kappa shape index (κ1) is 21.9. The van der Waals surface area contributed by atoms with Gasteiger partial charge in [-0.15, -0.1) is 0 Å². The highest BCUT2D eigenvalue weighted by atomic mass is 19.1. The second-order valence-electron chi connectivity index (χ2n) is 9.06. The molecule has 3 aliphatic rings. The average Bonchev–Trinajstić information content (AvgIpc) is 3.08. The van der Waals surface area contributed by atoms with Crippen molar-refractivity contribution < 1.29 is 18.4 Å². The third kappa shape index (κ3) is 4.35. The highest BCUT2D eigenvalue weighted by Gasteiger charge is 2.47. The van der Waals surface area contributed by atoms with Crippen LogP contribution in [0.2, 0.25) is 0 Å². The molecule has 5 nitrogen and oxygen atoms in total. The van der Waals surface area contributed by atoms with E-state index < -0.39 is 0 Å². The Morgan fingerprint density at radius 3 is 1.64 bits per heavy atom. The minimum absolute atomic E-state index is 0.0488. The van der Waals surface area contributed by atoms with Crippen LogP contribution in [0.3, 0.4) is 0 Å². The van der Waals surface area contributed by atoms with Crippen LogP contribution in [0.1, 0.15) is 30.0 Å². The maximum absolute atomic E-state index is 13.5. The van der Waals surface area contributed by atoms with Crippen LogP contribution in [0.15, 0.2) is 60.7 Å². The van der Waals surface area contributed by atoms with Gasteiger partial charge in [0, 0.05) is 26.2 Å². The first-order valence-corrected chi connectivity index (χ1v) is 11.5. The van der Waals surface area contributed by atoms with Crippen molar-refractivity contribution in [3.8, 4) is 0 Å². The molecule has 1 aliphatic carbocycles. The monoisotopic (exact) mass is 451 g/mol. The Bertz CT molecular complexity index is 975. The molecular formula is C26H27F2N3O2. The molecule has 33 heavy (non-hydrogen) atoms. The summed E-state index contributed by atoms with van der Waals surface area (Å²) in [7, 11) is 0. The number of rotatable bonds is 5. The molecule has 0 aromatic heterocycles. The third-order valence-corrected chi connectivity index (χ3v) is 7.08. The number of carbonyl (C=O) groups is 2. The lowest BCUT2D eigenvalue weighted by Crippen LogP contribution is -2.52. The smallest absolute Gasteiger partial charge is 0.234 e. The summed E-state index contributed by atoms with van der Waals surface area (Å²) in [5, 5.41) is 0. The van der Waals surface area contributed by atoms with Crippen LogP contribution >= 0.6 is 0 Å². The normalized spacial score (nSPS) is 24.0. The largest absolute Gasteiger partial charge is 0.290 e. The van der Waals surface area contributed by atoms with Crippen molar-refractivity contribution in [2.24, 2.45) is 11.8 Å². The minimum atomic E-state index is -0.294. The molecule has 2 aliphatic heterocycles. The summed E-state index contributed by atoms with van der Waals surface area (Å²) in [6, 6.07) is 12.7. The molecule has 2 amide bonds. The zero-order valence-corrected chi connectivity index (χ0v) is 18.4. The van der Waals surface area contributed by atoms with Crippen LogP contribution in [0.25, 0.3) is 0 Å². The molecule has 2 fully saturated rings. The zero-order chi connectivity index (χ0) is 22.9. The van der Waals surface area contributed by atoms with Gasteiger partial charge in [-0.25, -0.2) is 8.78 Å². The van der Waals surface area contributed by atoms with Crippen LogP contribution < -0.4 is 0 Å². The highest BCUT2D eigenvalue weighted by Crippen LogP contribution is 2.35. The molecule has 2 atom stereocenters. The van der Waals surface area contributed by atoms with Crippen molar-refractivity contribution in [3.05, 3.63) is 83.4 Å². The number of benzene rings is 2. The fourth-order valence-electron chi connectivity index (χ4n) is 5.28. The van der Waals surface area contributed by atoms with E-state index in [4.69, 9.17) is 0 Å². The van der Waals surface area contributed by atoms with Crippen molar-refractivity contribution in [2.45, 2.75) is 18.9 Å². The van der Waals surface area contributed by atoms with Gasteiger partial charge in [-0.05, 0) is 48.2 Å². The summed E-state index contributed by atoms with van der Waals surface area (Å²) in [5.74, 6) is -1.09. The van der Waals surface area contributed by atoms with Crippen LogP contribution in [-0.4, -0.2) is 59.4 Å². The van der Waals surface area contributed by atoms with Crippen molar-refractivity contribution in [2.75, 3.05) is 32.8 Å². The van der Waals surface area contributed by atoms with Crippen molar-refractivity contribution in [1.29, 1.82) is 0 Å². The number of hydrogen-bond acceptors (Lipinski definition) is 4. The molecule has 0 radical (unpaired) electrons. The summed E-state index contributed by atoms with van der Waals surface area (Å²) < 4.78 is 27.1. The van der Waals surface area contributed by atoms with Gasteiger partial charge >= 0.3 is 0 Å². The number of amides is 2. The van der Waals surface area contributed by atoms with Gasteiger partial charge in [-0.2, -0.15) is 0 Å². The minimum Gasteiger partial charge on any atom is -0.290 e. The van der Waals surface area contributed by atoms with Crippen LogP contribution in [0.5, 0.6) is 0 Å². The molecule has 0 bridgehead atoms. The Morgan fingerprint density at radius 1 is 0.727 bits per heavy atom. The van der Waals surface area contributed by atoms with E-state index in [1.54, 1.807) is 24.3 Å². The molecule has 0 unspecified atom stereocenters. The predicted molar refractivity (Wildman–Crippen MR) is 120 cm³/mol. The van der Waals surface area contributed by atoms with Crippen LogP contribution in [-0.2, 0) is 9.59 Å². The van der Waals surface area contributed by atoms with E-state index in [9.17, 15) is 18.4 Å². The molecule has 2 saturated heterocycles. The lowest BCUT2D eigenvalue weighted by Gasteiger charge is -2.40. The van der Waals surface area contributed by atoms with Gasteiger partial charge in [-0.3, -0.25) is 24.3 Å². The summed E-state index contributed by atoms with van der Waals surface area (Å²) in [4.78, 5) is 31.5. The molecule has 2 aromatic rings. The molecule has 7 heteroatoms. The van der Waals surface area contributed by atoms with Gasteiger partial charge in [0.05, 0.1) is 24.5 Å². The number of imide groups is 1. The Hall–Kier alpha value is -2.90. The van der Waals surface area contributed by atoms with E-state index in [2.05, 4.69) is 9.80 Å². The van der Waals surface area contributed by atoms with E-state index in [0.717, 1.165) is 11.1 Å². The quantitative estimate of drug-likeness (QED) is 0.515. The Kier molecular flexibility index (Phi) is 6.08. The SMILES string of the molecule is O=C1[C@H]2CC=CC[C@@H]2C(=O)N1CN1CCN(C(c2ccc(F)cc2)c2ccc(F)cc2)CC1. The Balaban J connectivity index is 1.28. The second-order valence-corrected chi connectivity index (χ2v) is 9.06. The Labute approximate surface area is 192 Å². The van der Waals surface area contributed by atoms with Gasteiger partial charge in [-0.1, -0.05) is 36.4 Å². The number of fused-ring (bicyclic) bond motifs is 1. The van der Waals surface area contributed by atoms with Crippen molar-refractivity contribution >= 4 is 11.8 Å². The fourth-order valence-corrected chi connectivity index (χ4v) is 5.28. The highest BCUT2D eigenvalue weighted by molar-refractivity contribution is 6.05. The molecule has 0 N–H and O–H groups in total. The zero-order valence-electron chi connectivity index (χ0n) is 18.4. The second kappa shape index (κ2) is 9.15. The maximum atomic E-state index is 13.5. The lowest BCUT2D eigenvalue weighted by molar-refractivity contribution is -0.142. The third-order valence-electron chi connectivity index (χ3n) is 7.08. The van der Waals surface area contributed by atoms with E-state index in [1.165, 1.54) is 29.2 Å². The van der Waals surface area contributed by atoms with E-state index >= 15 is 0 Å². The van der Waals surface area contributed by atoms with Crippen LogP contribution in [0, 0.1) is 23.5 Å². The van der Waals surface area contributed by atoms with Crippen LogP contribution in [0.4, 0.5) is 8.78 Å². The summed E-state index contributed by atoms with van der Waals surface area (Å²) in [6.07, 6.45) is 5.30. The van der Waals surface area contributed by atoms with Crippen molar-refractivity contribution in [3.63, 3.8) is 0 Å². The summed E-state index contributed by atoms with van der Waals surface area (Å²) in [6.45, 7) is 3.15. The van der Waals surface area contributed by atoms with E-state index in [0.29, 0.717) is 45.7 Å². The van der Waals surface area contributed by atoms with Gasteiger partial charge in [0.15, 0.2) is 0 Å². The first-order chi connectivity index (χ1) is 16.0. The fraction of sp³-hybridized carbons (Fsp3) is 0.385. The number of likely N-dealkylation sites (tertiary alicyclic amines) is 1. The molecule has 5 rings (SSSR count). The molecule has 0 saturated carbocycles. The molecule has 172 valence electrons. The number of piperazine rings is 1. The summed E-state index contributed by atoms with van der Waals surface area (Å²) in [5.41, 5.74) is 1.89. The number of allylic oxidation sites excluding steroid dienone is 2. The number of hydrogen-bond donors (Lipinski definition) is 0. The van der Waals surface area contributed by atoms with Gasteiger partial charge in [0.25, 0.3) is 0 Å². The number of carbonyl (C=O) groups excluding carboxylic acids is 2. The molecule has 2 heterocycles. The number of nitrogens with zero attached hydrogens (tertiary/aromatic N) is 3. The first-order valence-electron chi connectivity index (χ1n) is 11.5. The van der Waals surface area contributed by atoms with Gasteiger partial charge in [0.1, 0.15) is 11.6 Å². The number of halogens is 2. The topological polar surface area (TPSA) is 43.9 Å².